The van der Waals surface area contributed by atoms with E-state index in [1.165, 1.54) is 0 Å². The van der Waals surface area contributed by atoms with Crippen LogP contribution in [0, 0.1) is 0 Å². The van der Waals surface area contributed by atoms with Crippen molar-refractivity contribution in [2.24, 2.45) is 0 Å². The van der Waals surface area contributed by atoms with Crippen molar-refractivity contribution >= 4 is 22.5 Å². The Morgan fingerprint density at radius 1 is 1.26 bits per heavy atom. The molecule has 0 radical (unpaired) electrons. The molecule has 2 rings (SSSR count). The van der Waals surface area contributed by atoms with Gasteiger partial charge in [0.2, 0.25) is 0 Å². The van der Waals surface area contributed by atoms with Crippen molar-refractivity contribution in [3.05, 3.63) is 36.0 Å². The highest BCUT2D eigenvalue weighted by molar-refractivity contribution is 6.00. The lowest BCUT2D eigenvalue weighted by atomic mass is 10.1. The monoisotopic (exact) mass is 257 g/mol. The van der Waals surface area contributed by atoms with E-state index in [0.717, 1.165) is 29.6 Å². The van der Waals surface area contributed by atoms with Gasteiger partial charge in [0.25, 0.3) is 5.91 Å². The molecule has 0 atom stereocenters. The fraction of sp³-hybridized carbons (Fsp3) is 0.333. The number of anilines is 1. The number of carbonyl (C=O) groups excluding carboxylic acids is 1. The maximum Gasteiger partial charge on any atom is 0.269 e. The molecule has 0 aliphatic rings. The van der Waals surface area contributed by atoms with Crippen LogP contribution in [0.1, 0.15) is 30.8 Å². The minimum atomic E-state index is -0.119. The number of nitrogens with zero attached hydrogens (tertiary/aromatic N) is 1. The van der Waals surface area contributed by atoms with Crippen molar-refractivity contribution in [1.82, 2.24) is 10.3 Å². The van der Waals surface area contributed by atoms with E-state index in [2.05, 4.69) is 15.6 Å². The van der Waals surface area contributed by atoms with Gasteiger partial charge < -0.3 is 10.6 Å². The van der Waals surface area contributed by atoms with E-state index in [1.807, 2.05) is 44.2 Å². The number of fused-ring (bicyclic) bond motifs is 1. The van der Waals surface area contributed by atoms with Gasteiger partial charge in [-0.05, 0) is 24.8 Å². The van der Waals surface area contributed by atoms with Gasteiger partial charge >= 0.3 is 0 Å². The molecule has 0 saturated carbocycles. The zero-order valence-corrected chi connectivity index (χ0v) is 11.4. The lowest BCUT2D eigenvalue weighted by molar-refractivity contribution is 0.0949. The third-order valence-corrected chi connectivity index (χ3v) is 2.85. The van der Waals surface area contributed by atoms with E-state index in [1.54, 1.807) is 0 Å². The van der Waals surface area contributed by atoms with Crippen LogP contribution in [0.25, 0.3) is 10.8 Å². The SMILES string of the molecule is CCCNC(=O)c1cc2ccccc2c(NCC)n1. The molecule has 1 amide bonds. The molecule has 100 valence electrons. The molecule has 0 aliphatic heterocycles. The van der Waals surface area contributed by atoms with E-state index < -0.39 is 0 Å². The molecule has 0 fully saturated rings. The molecule has 19 heavy (non-hydrogen) atoms. The summed E-state index contributed by atoms with van der Waals surface area (Å²) in [5.41, 5.74) is 0.461. The first kappa shape index (κ1) is 13.3. The second-order valence-corrected chi connectivity index (χ2v) is 4.36. The third kappa shape index (κ3) is 3.02. The van der Waals surface area contributed by atoms with Crippen LogP contribution >= 0.6 is 0 Å². The van der Waals surface area contributed by atoms with Crippen LogP contribution in [0.3, 0.4) is 0 Å². The molecule has 2 N–H and O–H groups in total. The summed E-state index contributed by atoms with van der Waals surface area (Å²) in [5.74, 6) is 0.647. The predicted molar refractivity (Wildman–Crippen MR) is 78.5 cm³/mol. The Labute approximate surface area is 113 Å². The number of pyridine rings is 1. The third-order valence-electron chi connectivity index (χ3n) is 2.85. The Morgan fingerprint density at radius 2 is 2.05 bits per heavy atom. The van der Waals surface area contributed by atoms with Crippen molar-refractivity contribution < 1.29 is 4.79 Å². The molecule has 1 aromatic carbocycles. The van der Waals surface area contributed by atoms with Crippen molar-refractivity contribution in [2.45, 2.75) is 20.3 Å². The van der Waals surface area contributed by atoms with Gasteiger partial charge in [-0.25, -0.2) is 4.98 Å². The van der Waals surface area contributed by atoms with Gasteiger partial charge in [0.1, 0.15) is 11.5 Å². The van der Waals surface area contributed by atoms with E-state index >= 15 is 0 Å². The molecule has 2 aromatic rings. The molecule has 0 aliphatic carbocycles. The van der Waals surface area contributed by atoms with Crippen LogP contribution in [-0.2, 0) is 0 Å². The smallest absolute Gasteiger partial charge is 0.269 e. The molecule has 1 heterocycles. The number of aromatic nitrogens is 1. The van der Waals surface area contributed by atoms with Gasteiger partial charge in [-0.1, -0.05) is 31.2 Å². The fourth-order valence-electron chi connectivity index (χ4n) is 1.95. The Balaban J connectivity index is 2.42. The van der Waals surface area contributed by atoms with Gasteiger partial charge in [0.15, 0.2) is 0 Å². The molecular weight excluding hydrogens is 238 g/mol. The lowest BCUT2D eigenvalue weighted by Crippen LogP contribution is -2.25. The molecule has 4 nitrogen and oxygen atoms in total. The summed E-state index contributed by atoms with van der Waals surface area (Å²) in [4.78, 5) is 16.4. The second kappa shape index (κ2) is 6.18. The highest BCUT2D eigenvalue weighted by Crippen LogP contribution is 2.22. The summed E-state index contributed by atoms with van der Waals surface area (Å²) in [7, 11) is 0. The van der Waals surface area contributed by atoms with Crippen molar-refractivity contribution in [1.29, 1.82) is 0 Å². The Morgan fingerprint density at radius 3 is 2.79 bits per heavy atom. The van der Waals surface area contributed by atoms with Crippen molar-refractivity contribution in [2.75, 3.05) is 18.4 Å². The van der Waals surface area contributed by atoms with Crippen LogP contribution < -0.4 is 10.6 Å². The summed E-state index contributed by atoms with van der Waals surface area (Å²) >= 11 is 0. The largest absolute Gasteiger partial charge is 0.370 e. The standard InChI is InChI=1S/C15H19N3O/c1-3-9-17-15(19)13-10-11-7-5-6-8-12(11)14(18-13)16-4-2/h5-8,10H,3-4,9H2,1-2H3,(H,16,18)(H,17,19). The summed E-state index contributed by atoms with van der Waals surface area (Å²) in [6, 6.07) is 9.77. The highest BCUT2D eigenvalue weighted by atomic mass is 16.1. The van der Waals surface area contributed by atoms with Crippen molar-refractivity contribution in [3.63, 3.8) is 0 Å². The Hall–Kier alpha value is -2.10. The first-order valence-electron chi connectivity index (χ1n) is 6.68. The first-order valence-corrected chi connectivity index (χ1v) is 6.68. The molecule has 0 saturated heterocycles. The van der Waals surface area contributed by atoms with Crippen LogP contribution in [-0.4, -0.2) is 24.0 Å². The number of nitrogens with one attached hydrogen (secondary N) is 2. The number of hydrogen-bond acceptors (Lipinski definition) is 3. The average Bonchev–Trinajstić information content (AvgIpc) is 2.45. The van der Waals surface area contributed by atoms with E-state index in [0.29, 0.717) is 12.2 Å². The summed E-state index contributed by atoms with van der Waals surface area (Å²) in [5, 5.41) is 8.13. The van der Waals surface area contributed by atoms with Crippen LogP contribution in [0.15, 0.2) is 30.3 Å². The van der Waals surface area contributed by atoms with Crippen LogP contribution in [0.2, 0.25) is 0 Å². The van der Waals surface area contributed by atoms with Crippen LogP contribution in [0.5, 0.6) is 0 Å². The predicted octanol–water partition coefficient (Wildman–Crippen LogP) is 2.81. The van der Waals surface area contributed by atoms with E-state index in [9.17, 15) is 4.79 Å². The number of benzene rings is 1. The maximum absolute atomic E-state index is 12.0. The highest BCUT2D eigenvalue weighted by Gasteiger charge is 2.10. The van der Waals surface area contributed by atoms with E-state index in [4.69, 9.17) is 0 Å². The number of carbonyl (C=O) groups is 1. The van der Waals surface area contributed by atoms with Crippen molar-refractivity contribution in [3.8, 4) is 0 Å². The molecule has 4 heteroatoms. The topological polar surface area (TPSA) is 54.0 Å². The van der Waals surface area contributed by atoms with Gasteiger partial charge in [-0.3, -0.25) is 4.79 Å². The lowest BCUT2D eigenvalue weighted by Gasteiger charge is -2.10. The summed E-state index contributed by atoms with van der Waals surface area (Å²) < 4.78 is 0. The van der Waals surface area contributed by atoms with Gasteiger partial charge in [-0.15, -0.1) is 0 Å². The minimum Gasteiger partial charge on any atom is -0.370 e. The van der Waals surface area contributed by atoms with Crippen LogP contribution in [0.4, 0.5) is 5.82 Å². The van der Waals surface area contributed by atoms with Gasteiger partial charge in [-0.2, -0.15) is 0 Å². The Bertz CT molecular complexity index is 581. The number of amides is 1. The number of rotatable bonds is 5. The quantitative estimate of drug-likeness (QED) is 0.866. The minimum absolute atomic E-state index is 0.119. The molecule has 1 aromatic heterocycles. The molecule has 0 bridgehead atoms. The zero-order chi connectivity index (χ0) is 13.7. The Kier molecular flexibility index (Phi) is 4.34. The van der Waals surface area contributed by atoms with Gasteiger partial charge in [0, 0.05) is 18.5 Å². The van der Waals surface area contributed by atoms with Gasteiger partial charge in [0.05, 0.1) is 0 Å². The fourth-order valence-corrected chi connectivity index (χ4v) is 1.95. The molecule has 0 spiro atoms. The second-order valence-electron chi connectivity index (χ2n) is 4.36. The maximum atomic E-state index is 12.0. The first-order chi connectivity index (χ1) is 9.26. The van der Waals surface area contributed by atoms with E-state index in [-0.39, 0.29) is 5.91 Å². The summed E-state index contributed by atoms with van der Waals surface area (Å²) in [6.45, 7) is 5.49. The number of hydrogen-bond donors (Lipinski definition) is 2. The average molecular weight is 257 g/mol. The molecular formula is C15H19N3O. The molecule has 0 unspecified atom stereocenters. The summed E-state index contributed by atoms with van der Waals surface area (Å²) in [6.07, 6.45) is 0.916. The normalized spacial score (nSPS) is 10.4. The zero-order valence-electron chi connectivity index (χ0n) is 11.4.